The van der Waals surface area contributed by atoms with Crippen molar-refractivity contribution in [3.63, 3.8) is 0 Å². The molecule has 0 bridgehead atoms. The molecule has 0 heterocycles. The molecule has 0 aliphatic heterocycles. The Hall–Kier alpha value is -1.67. The first-order valence-corrected chi connectivity index (χ1v) is 5.99. The lowest BCUT2D eigenvalue weighted by Crippen LogP contribution is -2.40. The van der Waals surface area contributed by atoms with Gasteiger partial charge < -0.3 is 20.2 Å². The number of aliphatic carboxylic acids is 2. The van der Waals surface area contributed by atoms with Crippen molar-refractivity contribution in [2.45, 2.75) is 52.7 Å². The fourth-order valence-electron chi connectivity index (χ4n) is 1.05. The molecule has 0 saturated heterocycles. The Bertz CT molecular complexity index is 321. The maximum Gasteiger partial charge on any atom is 0.414 e. The Morgan fingerprint density at radius 3 is 1.70 bits per heavy atom. The number of esters is 1. The third-order valence-corrected chi connectivity index (χ3v) is 1.74. The topological polar surface area (TPSA) is 133 Å². The van der Waals surface area contributed by atoms with Gasteiger partial charge in [-0.3, -0.25) is 4.79 Å². The SMILES string of the molecule is CC(C)C[C@H](NO)C(=O)OC(C)(C)C.O=C(O)C(=O)O. The van der Waals surface area contributed by atoms with Crippen molar-refractivity contribution in [1.82, 2.24) is 5.48 Å². The number of ether oxygens (including phenoxy) is 1. The number of carboxylic acid groups (broad SMARTS) is 2. The molecular weight excluding hydrogens is 270 g/mol. The summed E-state index contributed by atoms with van der Waals surface area (Å²) in [5.41, 5.74) is 1.47. The fraction of sp³-hybridized carbons (Fsp3) is 0.750. The van der Waals surface area contributed by atoms with E-state index in [-0.39, 0.29) is 0 Å². The number of rotatable bonds is 4. The summed E-state index contributed by atoms with van der Waals surface area (Å²) in [5, 5.41) is 23.6. The summed E-state index contributed by atoms with van der Waals surface area (Å²) in [6.07, 6.45) is 0.561. The third-order valence-electron chi connectivity index (χ3n) is 1.74. The largest absolute Gasteiger partial charge is 0.473 e. The molecule has 0 saturated carbocycles. The minimum Gasteiger partial charge on any atom is -0.473 e. The highest BCUT2D eigenvalue weighted by molar-refractivity contribution is 6.27. The van der Waals surface area contributed by atoms with E-state index in [1.807, 2.05) is 19.3 Å². The van der Waals surface area contributed by atoms with E-state index in [0.29, 0.717) is 12.3 Å². The molecule has 0 radical (unpaired) electrons. The lowest BCUT2D eigenvalue weighted by molar-refractivity contribution is -0.161. The molecule has 0 aliphatic rings. The van der Waals surface area contributed by atoms with Crippen LogP contribution in [-0.2, 0) is 19.1 Å². The van der Waals surface area contributed by atoms with Crippen LogP contribution in [-0.4, -0.2) is 45.0 Å². The van der Waals surface area contributed by atoms with Gasteiger partial charge in [-0.15, -0.1) is 0 Å². The molecule has 0 spiro atoms. The van der Waals surface area contributed by atoms with Gasteiger partial charge >= 0.3 is 17.9 Å². The summed E-state index contributed by atoms with van der Waals surface area (Å²) in [7, 11) is 0. The van der Waals surface area contributed by atoms with Crippen LogP contribution in [0.2, 0.25) is 0 Å². The van der Waals surface area contributed by atoms with Gasteiger partial charge in [0.25, 0.3) is 0 Å². The summed E-state index contributed by atoms with van der Waals surface area (Å²) < 4.78 is 5.13. The van der Waals surface area contributed by atoms with Crippen molar-refractivity contribution < 1.29 is 34.5 Å². The predicted octanol–water partition coefficient (Wildman–Crippen LogP) is 0.877. The van der Waals surface area contributed by atoms with Crippen LogP contribution < -0.4 is 5.48 Å². The summed E-state index contributed by atoms with van der Waals surface area (Å²) in [6, 6.07) is -0.630. The monoisotopic (exact) mass is 293 g/mol. The second-order valence-electron chi connectivity index (χ2n) is 5.46. The smallest absolute Gasteiger partial charge is 0.414 e. The molecule has 4 N–H and O–H groups in total. The van der Waals surface area contributed by atoms with E-state index in [2.05, 4.69) is 0 Å². The molecule has 0 rings (SSSR count). The molecule has 0 aromatic heterocycles. The van der Waals surface area contributed by atoms with Crippen molar-refractivity contribution in [3.05, 3.63) is 0 Å². The van der Waals surface area contributed by atoms with E-state index in [1.54, 1.807) is 20.8 Å². The molecule has 0 aromatic rings. The molecular formula is C12H23NO7. The Labute approximate surface area is 117 Å². The second-order valence-corrected chi connectivity index (χ2v) is 5.46. The van der Waals surface area contributed by atoms with Gasteiger partial charge in [0, 0.05) is 0 Å². The number of carboxylic acids is 2. The van der Waals surface area contributed by atoms with E-state index in [4.69, 9.17) is 29.7 Å². The quantitative estimate of drug-likeness (QED) is 0.341. The summed E-state index contributed by atoms with van der Waals surface area (Å²) >= 11 is 0. The molecule has 1 atom stereocenters. The van der Waals surface area contributed by atoms with Crippen LogP contribution in [0.25, 0.3) is 0 Å². The normalized spacial score (nSPS) is 12.2. The predicted molar refractivity (Wildman–Crippen MR) is 69.3 cm³/mol. The van der Waals surface area contributed by atoms with Crippen molar-refractivity contribution in [2.24, 2.45) is 5.92 Å². The van der Waals surface area contributed by atoms with E-state index in [9.17, 15) is 4.79 Å². The highest BCUT2D eigenvalue weighted by Crippen LogP contribution is 2.12. The number of hydrogen-bond donors (Lipinski definition) is 4. The molecule has 0 amide bonds. The zero-order valence-corrected chi connectivity index (χ0v) is 12.3. The third kappa shape index (κ3) is 12.8. The van der Waals surface area contributed by atoms with E-state index >= 15 is 0 Å². The fourth-order valence-corrected chi connectivity index (χ4v) is 1.05. The molecule has 8 heteroatoms. The van der Waals surface area contributed by atoms with Gasteiger partial charge in [0.1, 0.15) is 11.6 Å². The van der Waals surface area contributed by atoms with Crippen LogP contribution in [0, 0.1) is 5.92 Å². The maximum atomic E-state index is 11.5. The van der Waals surface area contributed by atoms with E-state index in [0.717, 1.165) is 0 Å². The van der Waals surface area contributed by atoms with Gasteiger partial charge in [-0.05, 0) is 33.1 Å². The number of hydroxylamine groups is 1. The molecule has 0 aliphatic carbocycles. The Kier molecular flexibility index (Phi) is 9.57. The van der Waals surface area contributed by atoms with Gasteiger partial charge in [-0.2, -0.15) is 5.48 Å². The molecule has 0 unspecified atom stereocenters. The van der Waals surface area contributed by atoms with Gasteiger partial charge in [-0.1, -0.05) is 13.8 Å². The van der Waals surface area contributed by atoms with Crippen LogP contribution >= 0.6 is 0 Å². The number of carbonyl (C=O) groups excluding carboxylic acids is 1. The lowest BCUT2D eigenvalue weighted by atomic mass is 10.0. The lowest BCUT2D eigenvalue weighted by Gasteiger charge is -2.23. The van der Waals surface area contributed by atoms with Crippen molar-refractivity contribution >= 4 is 17.9 Å². The van der Waals surface area contributed by atoms with Crippen molar-refractivity contribution in [2.75, 3.05) is 0 Å². The first kappa shape index (κ1) is 20.6. The second kappa shape index (κ2) is 9.27. The number of hydrogen-bond acceptors (Lipinski definition) is 6. The van der Waals surface area contributed by atoms with Crippen molar-refractivity contribution in [3.8, 4) is 0 Å². The molecule has 118 valence electrons. The summed E-state index contributed by atoms with van der Waals surface area (Å²) in [6.45, 7) is 9.36. The number of nitrogens with one attached hydrogen (secondary N) is 1. The zero-order chi connectivity index (χ0) is 16.5. The Balaban J connectivity index is 0. The Morgan fingerprint density at radius 1 is 1.10 bits per heavy atom. The van der Waals surface area contributed by atoms with Crippen molar-refractivity contribution in [1.29, 1.82) is 0 Å². The minimum atomic E-state index is -1.82. The van der Waals surface area contributed by atoms with Gasteiger partial charge in [0.05, 0.1) is 0 Å². The Morgan fingerprint density at radius 2 is 1.50 bits per heavy atom. The molecule has 20 heavy (non-hydrogen) atoms. The summed E-state index contributed by atoms with van der Waals surface area (Å²) in [4.78, 5) is 29.7. The van der Waals surface area contributed by atoms with Gasteiger partial charge in [0.2, 0.25) is 0 Å². The zero-order valence-electron chi connectivity index (χ0n) is 12.3. The van der Waals surface area contributed by atoms with Gasteiger partial charge in [0.15, 0.2) is 0 Å². The first-order chi connectivity index (χ1) is 8.90. The van der Waals surface area contributed by atoms with E-state index in [1.165, 1.54) is 0 Å². The van der Waals surface area contributed by atoms with Gasteiger partial charge in [-0.25, -0.2) is 9.59 Å². The van der Waals surface area contributed by atoms with Crippen LogP contribution in [0.4, 0.5) is 0 Å². The van der Waals surface area contributed by atoms with Crippen LogP contribution in [0.5, 0.6) is 0 Å². The standard InChI is InChI=1S/C10H21NO3.C2H2O4/c1-7(2)6-8(11-13)9(12)14-10(3,4)5;3-1(4)2(5)6/h7-8,11,13H,6H2,1-5H3;(H,3,4)(H,5,6)/t8-;/m0./s1. The van der Waals surface area contributed by atoms with Crippen LogP contribution in [0.1, 0.15) is 41.0 Å². The molecule has 0 fully saturated rings. The summed E-state index contributed by atoms with van der Waals surface area (Å²) in [5.74, 6) is -3.73. The molecule has 8 nitrogen and oxygen atoms in total. The van der Waals surface area contributed by atoms with E-state index < -0.39 is 29.6 Å². The van der Waals surface area contributed by atoms with Crippen LogP contribution in [0.15, 0.2) is 0 Å². The average Bonchev–Trinajstić information content (AvgIpc) is 2.23. The minimum absolute atomic E-state index is 0.326. The molecule has 0 aromatic carbocycles. The number of carbonyl (C=O) groups is 3. The highest BCUT2D eigenvalue weighted by Gasteiger charge is 2.25. The highest BCUT2D eigenvalue weighted by atomic mass is 16.6. The maximum absolute atomic E-state index is 11.5. The average molecular weight is 293 g/mol. The van der Waals surface area contributed by atoms with Crippen LogP contribution in [0.3, 0.4) is 0 Å². The first-order valence-electron chi connectivity index (χ1n) is 5.99.